The highest BCUT2D eigenvalue weighted by Gasteiger charge is 2.14. The summed E-state index contributed by atoms with van der Waals surface area (Å²) < 4.78 is 2.95. The molecule has 0 unspecified atom stereocenters. The number of hydrogen-bond donors (Lipinski definition) is 1. The lowest BCUT2D eigenvalue weighted by atomic mass is 10.1. The number of anilines is 1. The van der Waals surface area contributed by atoms with Crippen molar-refractivity contribution >= 4 is 45.2 Å². The SMILES string of the molecule is Cc1cc(/C=C(/C#N)C(=O)Nc2ccc(Br)cc2)c(C)n1-c1cccc(Cl)c1. The van der Waals surface area contributed by atoms with E-state index >= 15 is 0 Å². The summed E-state index contributed by atoms with van der Waals surface area (Å²) in [5.41, 5.74) is 4.30. The van der Waals surface area contributed by atoms with E-state index in [0.29, 0.717) is 10.7 Å². The zero-order chi connectivity index (χ0) is 20.3. The van der Waals surface area contributed by atoms with Crippen molar-refractivity contribution < 1.29 is 4.79 Å². The molecule has 0 spiro atoms. The monoisotopic (exact) mass is 453 g/mol. The lowest BCUT2D eigenvalue weighted by Crippen LogP contribution is -2.13. The van der Waals surface area contributed by atoms with Crippen LogP contribution in [0.5, 0.6) is 0 Å². The van der Waals surface area contributed by atoms with Crippen molar-refractivity contribution in [2.24, 2.45) is 0 Å². The van der Waals surface area contributed by atoms with Gasteiger partial charge in [-0.15, -0.1) is 0 Å². The van der Waals surface area contributed by atoms with Gasteiger partial charge in [0.1, 0.15) is 11.6 Å². The molecule has 0 aliphatic carbocycles. The Labute approximate surface area is 177 Å². The first-order valence-corrected chi connectivity index (χ1v) is 9.69. The quantitative estimate of drug-likeness (QED) is 0.385. The highest BCUT2D eigenvalue weighted by molar-refractivity contribution is 9.10. The van der Waals surface area contributed by atoms with Gasteiger partial charge in [-0.3, -0.25) is 4.79 Å². The van der Waals surface area contributed by atoms with Gasteiger partial charge < -0.3 is 9.88 Å². The maximum atomic E-state index is 12.5. The smallest absolute Gasteiger partial charge is 0.266 e. The van der Waals surface area contributed by atoms with Crippen molar-refractivity contribution in [3.05, 3.63) is 86.6 Å². The zero-order valence-electron chi connectivity index (χ0n) is 15.3. The lowest BCUT2D eigenvalue weighted by molar-refractivity contribution is -0.112. The summed E-state index contributed by atoms with van der Waals surface area (Å²) >= 11 is 9.47. The third kappa shape index (κ3) is 4.36. The molecule has 0 aliphatic rings. The van der Waals surface area contributed by atoms with Crippen LogP contribution in [-0.2, 0) is 4.79 Å². The van der Waals surface area contributed by atoms with Crippen LogP contribution in [0.2, 0.25) is 5.02 Å². The molecule has 4 nitrogen and oxygen atoms in total. The van der Waals surface area contributed by atoms with E-state index in [4.69, 9.17) is 11.6 Å². The molecule has 1 aromatic heterocycles. The first-order chi connectivity index (χ1) is 13.4. The van der Waals surface area contributed by atoms with Crippen LogP contribution in [0.1, 0.15) is 17.0 Å². The Kier molecular flexibility index (Phi) is 6.03. The molecule has 140 valence electrons. The molecule has 0 saturated carbocycles. The molecule has 1 heterocycles. The number of nitrogens with zero attached hydrogens (tertiary/aromatic N) is 2. The van der Waals surface area contributed by atoms with Gasteiger partial charge in [-0.1, -0.05) is 33.6 Å². The Morgan fingerprint density at radius 2 is 1.89 bits per heavy atom. The number of benzene rings is 2. The largest absolute Gasteiger partial charge is 0.321 e. The average Bonchev–Trinajstić information content (AvgIpc) is 2.94. The molecule has 0 atom stereocenters. The standard InChI is InChI=1S/C22H17BrClN3O/c1-14-10-16(15(2)27(14)21-5-3-4-19(24)12-21)11-17(13-25)22(28)26-20-8-6-18(23)7-9-20/h3-12H,1-2H3,(H,26,28)/b17-11-. The van der Waals surface area contributed by atoms with Gasteiger partial charge in [-0.25, -0.2) is 0 Å². The summed E-state index contributed by atoms with van der Waals surface area (Å²) in [5.74, 6) is -0.447. The molecular weight excluding hydrogens is 438 g/mol. The van der Waals surface area contributed by atoms with Gasteiger partial charge in [-0.05, 0) is 74.0 Å². The summed E-state index contributed by atoms with van der Waals surface area (Å²) in [6.45, 7) is 3.92. The second-order valence-electron chi connectivity index (χ2n) is 6.27. The van der Waals surface area contributed by atoms with Gasteiger partial charge in [0.15, 0.2) is 0 Å². The van der Waals surface area contributed by atoms with Crippen LogP contribution in [0, 0.1) is 25.2 Å². The van der Waals surface area contributed by atoms with Crippen LogP contribution in [0.4, 0.5) is 5.69 Å². The number of aryl methyl sites for hydroxylation is 1. The average molecular weight is 455 g/mol. The molecular formula is C22H17BrClN3O. The molecule has 6 heteroatoms. The Balaban J connectivity index is 1.93. The summed E-state index contributed by atoms with van der Waals surface area (Å²) in [6.07, 6.45) is 1.61. The highest BCUT2D eigenvalue weighted by Crippen LogP contribution is 2.25. The molecule has 2 aromatic carbocycles. The van der Waals surface area contributed by atoms with Gasteiger partial charge in [-0.2, -0.15) is 5.26 Å². The maximum Gasteiger partial charge on any atom is 0.266 e. The van der Waals surface area contributed by atoms with E-state index in [1.165, 1.54) is 0 Å². The fraction of sp³-hybridized carbons (Fsp3) is 0.0909. The van der Waals surface area contributed by atoms with Crippen LogP contribution in [0.25, 0.3) is 11.8 Å². The van der Waals surface area contributed by atoms with E-state index in [2.05, 4.69) is 21.2 Å². The van der Waals surface area contributed by atoms with Crippen molar-refractivity contribution in [3.63, 3.8) is 0 Å². The number of aromatic nitrogens is 1. The van der Waals surface area contributed by atoms with E-state index < -0.39 is 5.91 Å². The predicted molar refractivity (Wildman–Crippen MR) is 117 cm³/mol. The highest BCUT2D eigenvalue weighted by atomic mass is 79.9. The minimum atomic E-state index is -0.447. The predicted octanol–water partition coefficient (Wildman–Crippen LogP) is 6.06. The lowest BCUT2D eigenvalue weighted by Gasteiger charge is -2.10. The number of nitriles is 1. The fourth-order valence-corrected chi connectivity index (χ4v) is 3.43. The van der Waals surface area contributed by atoms with Crippen LogP contribution < -0.4 is 5.32 Å². The van der Waals surface area contributed by atoms with Crippen LogP contribution in [0.3, 0.4) is 0 Å². The van der Waals surface area contributed by atoms with Crippen LogP contribution >= 0.6 is 27.5 Å². The Morgan fingerprint density at radius 3 is 2.54 bits per heavy atom. The third-order valence-electron chi connectivity index (χ3n) is 4.30. The number of rotatable bonds is 4. The maximum absolute atomic E-state index is 12.5. The molecule has 3 aromatic rings. The molecule has 1 N–H and O–H groups in total. The number of halogens is 2. The summed E-state index contributed by atoms with van der Waals surface area (Å²) in [4.78, 5) is 12.5. The van der Waals surface area contributed by atoms with Gasteiger partial charge in [0.05, 0.1) is 0 Å². The van der Waals surface area contributed by atoms with Crippen LogP contribution in [0.15, 0.2) is 64.6 Å². The van der Waals surface area contributed by atoms with Crippen molar-refractivity contribution in [2.75, 3.05) is 5.32 Å². The van der Waals surface area contributed by atoms with Gasteiger partial charge in [0.25, 0.3) is 5.91 Å². The van der Waals surface area contributed by atoms with E-state index in [9.17, 15) is 10.1 Å². The molecule has 0 aliphatic heterocycles. The molecule has 0 bridgehead atoms. The normalized spacial score (nSPS) is 11.2. The topological polar surface area (TPSA) is 57.8 Å². The van der Waals surface area contributed by atoms with Crippen LogP contribution in [-0.4, -0.2) is 10.5 Å². The number of hydrogen-bond acceptors (Lipinski definition) is 2. The summed E-state index contributed by atoms with van der Waals surface area (Å²) in [7, 11) is 0. The fourth-order valence-electron chi connectivity index (χ4n) is 2.98. The van der Waals surface area contributed by atoms with E-state index in [1.807, 2.05) is 66.9 Å². The molecule has 3 rings (SSSR count). The second kappa shape index (κ2) is 8.47. The Hall–Kier alpha value is -2.81. The van der Waals surface area contributed by atoms with E-state index in [-0.39, 0.29) is 5.57 Å². The summed E-state index contributed by atoms with van der Waals surface area (Å²) in [6, 6.07) is 18.7. The Morgan fingerprint density at radius 1 is 1.18 bits per heavy atom. The van der Waals surface area contributed by atoms with Gasteiger partial charge in [0.2, 0.25) is 0 Å². The zero-order valence-corrected chi connectivity index (χ0v) is 17.7. The number of amides is 1. The van der Waals surface area contributed by atoms with Gasteiger partial charge in [0, 0.05) is 32.3 Å². The van der Waals surface area contributed by atoms with Crippen molar-refractivity contribution in [3.8, 4) is 11.8 Å². The molecule has 28 heavy (non-hydrogen) atoms. The van der Waals surface area contributed by atoms with E-state index in [0.717, 1.165) is 27.1 Å². The van der Waals surface area contributed by atoms with Crippen molar-refractivity contribution in [2.45, 2.75) is 13.8 Å². The molecule has 0 saturated heterocycles. The number of nitrogens with one attached hydrogen (secondary N) is 1. The number of carbonyl (C=O) groups is 1. The molecule has 0 radical (unpaired) electrons. The van der Waals surface area contributed by atoms with Gasteiger partial charge >= 0.3 is 0 Å². The van der Waals surface area contributed by atoms with Crippen molar-refractivity contribution in [1.29, 1.82) is 5.26 Å². The third-order valence-corrected chi connectivity index (χ3v) is 5.07. The minimum absolute atomic E-state index is 0.0364. The summed E-state index contributed by atoms with van der Waals surface area (Å²) in [5, 5.41) is 12.9. The minimum Gasteiger partial charge on any atom is -0.321 e. The Bertz CT molecular complexity index is 1110. The first kappa shape index (κ1) is 19.9. The molecule has 0 fully saturated rings. The van der Waals surface area contributed by atoms with Crippen molar-refractivity contribution in [1.82, 2.24) is 4.57 Å². The second-order valence-corrected chi connectivity index (χ2v) is 7.62. The van der Waals surface area contributed by atoms with E-state index in [1.54, 1.807) is 18.2 Å². The first-order valence-electron chi connectivity index (χ1n) is 8.52. The molecule has 1 amide bonds. The number of carbonyl (C=O) groups excluding carboxylic acids is 1.